The second-order valence-electron chi connectivity index (χ2n) is 6.47. The highest BCUT2D eigenvalue weighted by Gasteiger charge is 2.34. The van der Waals surface area contributed by atoms with Crippen LogP contribution in [0.5, 0.6) is 11.5 Å². The molecule has 4 heterocycles. The quantitative estimate of drug-likeness (QED) is 0.800. The molecule has 0 fully saturated rings. The number of hydrogen-bond acceptors (Lipinski definition) is 6. The van der Waals surface area contributed by atoms with Crippen LogP contribution in [0.4, 0.5) is 5.00 Å². The van der Waals surface area contributed by atoms with Crippen LogP contribution in [0.25, 0.3) is 0 Å². The van der Waals surface area contributed by atoms with Gasteiger partial charge in [0.15, 0.2) is 11.5 Å². The van der Waals surface area contributed by atoms with Crippen LogP contribution in [0.1, 0.15) is 32.5 Å². The van der Waals surface area contributed by atoms with Crippen molar-refractivity contribution in [3.8, 4) is 11.5 Å². The maximum Gasteiger partial charge on any atom is 0.256 e. The van der Waals surface area contributed by atoms with Crippen molar-refractivity contribution in [1.82, 2.24) is 10.2 Å². The minimum atomic E-state index is -0.389. The van der Waals surface area contributed by atoms with Crippen LogP contribution in [0.2, 0.25) is 5.02 Å². The zero-order valence-electron chi connectivity index (χ0n) is 13.5. The molecule has 3 aliphatic heterocycles. The molecule has 1 amide bonds. The highest BCUT2D eigenvalue weighted by Crippen LogP contribution is 2.43. The average molecular weight is 378 g/mol. The van der Waals surface area contributed by atoms with Gasteiger partial charge < -0.3 is 25.0 Å². The summed E-state index contributed by atoms with van der Waals surface area (Å²) >= 11 is 8.07. The molecule has 8 heteroatoms. The first kappa shape index (κ1) is 15.3. The van der Waals surface area contributed by atoms with Crippen molar-refractivity contribution in [2.24, 2.45) is 0 Å². The molecule has 25 heavy (non-hydrogen) atoms. The van der Waals surface area contributed by atoms with Crippen LogP contribution < -0.4 is 20.1 Å². The monoisotopic (exact) mass is 377 g/mol. The summed E-state index contributed by atoms with van der Waals surface area (Å²) in [4.78, 5) is 16.3. The number of carbonyl (C=O) groups is 1. The van der Waals surface area contributed by atoms with Crippen LogP contribution >= 0.6 is 22.9 Å². The molecule has 6 nitrogen and oxygen atoms in total. The maximum atomic E-state index is 12.8. The van der Waals surface area contributed by atoms with Crippen LogP contribution in [0.3, 0.4) is 0 Å². The van der Waals surface area contributed by atoms with Gasteiger partial charge in [0, 0.05) is 29.6 Å². The number of ether oxygens (including phenoxy) is 2. The number of likely N-dealkylation sites (N-methyl/N-ethyl adjacent to an activating group) is 1. The molecular weight excluding hydrogens is 362 g/mol. The molecule has 0 saturated heterocycles. The van der Waals surface area contributed by atoms with E-state index < -0.39 is 0 Å². The van der Waals surface area contributed by atoms with Gasteiger partial charge in [-0.3, -0.25) is 4.79 Å². The van der Waals surface area contributed by atoms with E-state index in [9.17, 15) is 4.79 Å². The Labute approximate surface area is 153 Å². The van der Waals surface area contributed by atoms with Gasteiger partial charge in [-0.15, -0.1) is 11.3 Å². The summed E-state index contributed by atoms with van der Waals surface area (Å²) in [6.07, 6.45) is 0.516. The third-order valence-electron chi connectivity index (χ3n) is 4.83. The molecule has 1 atom stereocenters. The molecule has 0 spiro atoms. The molecule has 5 rings (SSSR count). The summed E-state index contributed by atoms with van der Waals surface area (Å²) in [7, 11) is 2.10. The number of nitrogens with zero attached hydrogens (tertiary/aromatic N) is 1. The molecule has 0 bridgehead atoms. The Morgan fingerprint density at radius 3 is 2.92 bits per heavy atom. The molecule has 2 N–H and O–H groups in total. The minimum Gasteiger partial charge on any atom is -0.454 e. The standard InChI is InChI=1S/C17H16ClN3O3S/c1-21-3-2-8-13(6-21)25-17-14(8)16(22)19-15(20-17)9-4-11-12(5-10(9)18)24-7-23-11/h4-5,15,20H,2-3,6-7H2,1H3,(H,19,22)/t15-/m0/s1. The Morgan fingerprint density at radius 1 is 1.28 bits per heavy atom. The molecule has 0 aliphatic carbocycles. The molecule has 0 saturated carbocycles. The number of thiophene rings is 1. The first-order valence-corrected chi connectivity index (χ1v) is 9.29. The SMILES string of the molecule is CN1CCc2c(sc3c2C(=O)N[C@H](c2cc4c(cc2Cl)OCO4)N3)C1. The van der Waals surface area contributed by atoms with E-state index in [1.165, 1.54) is 10.4 Å². The van der Waals surface area contributed by atoms with Crippen LogP contribution in [0, 0.1) is 0 Å². The van der Waals surface area contributed by atoms with Gasteiger partial charge in [-0.2, -0.15) is 0 Å². The highest BCUT2D eigenvalue weighted by molar-refractivity contribution is 7.16. The molecule has 0 radical (unpaired) electrons. The minimum absolute atomic E-state index is 0.0467. The van der Waals surface area contributed by atoms with Crippen molar-refractivity contribution in [2.45, 2.75) is 19.1 Å². The average Bonchev–Trinajstić information content (AvgIpc) is 3.16. The van der Waals surface area contributed by atoms with Crippen molar-refractivity contribution >= 4 is 33.8 Å². The number of halogens is 1. The number of amides is 1. The third-order valence-corrected chi connectivity index (χ3v) is 6.30. The second-order valence-corrected chi connectivity index (χ2v) is 7.99. The van der Waals surface area contributed by atoms with Gasteiger partial charge in [-0.1, -0.05) is 11.6 Å². The number of hydrogen-bond donors (Lipinski definition) is 2. The van der Waals surface area contributed by atoms with Gasteiger partial charge in [0.05, 0.1) is 10.6 Å². The lowest BCUT2D eigenvalue weighted by Gasteiger charge is -2.28. The van der Waals surface area contributed by atoms with Crippen LogP contribution in [-0.4, -0.2) is 31.2 Å². The summed E-state index contributed by atoms with van der Waals surface area (Å²) in [5.41, 5.74) is 2.74. The normalized spacial score (nSPS) is 21.4. The number of benzene rings is 1. The number of rotatable bonds is 1. The van der Waals surface area contributed by atoms with E-state index in [-0.39, 0.29) is 18.9 Å². The van der Waals surface area contributed by atoms with Gasteiger partial charge >= 0.3 is 0 Å². The van der Waals surface area contributed by atoms with E-state index in [0.717, 1.165) is 35.6 Å². The van der Waals surface area contributed by atoms with Gasteiger partial charge in [-0.25, -0.2) is 0 Å². The predicted molar refractivity (Wildman–Crippen MR) is 95.8 cm³/mol. The van der Waals surface area contributed by atoms with Gasteiger partial charge in [0.2, 0.25) is 6.79 Å². The summed E-state index contributed by atoms with van der Waals surface area (Å²) in [6, 6.07) is 3.56. The predicted octanol–water partition coefficient (Wildman–Crippen LogP) is 2.97. The van der Waals surface area contributed by atoms with E-state index >= 15 is 0 Å². The Hall–Kier alpha value is -1.96. The zero-order chi connectivity index (χ0) is 17.1. The van der Waals surface area contributed by atoms with Gasteiger partial charge in [-0.05, 0) is 25.1 Å². The highest BCUT2D eigenvalue weighted by atomic mass is 35.5. The maximum absolute atomic E-state index is 12.8. The van der Waals surface area contributed by atoms with Crippen molar-refractivity contribution in [3.63, 3.8) is 0 Å². The largest absolute Gasteiger partial charge is 0.454 e. The fraction of sp³-hybridized carbons (Fsp3) is 0.353. The Kier molecular flexibility index (Phi) is 3.38. The van der Waals surface area contributed by atoms with Crippen molar-refractivity contribution < 1.29 is 14.3 Å². The summed E-state index contributed by atoms with van der Waals surface area (Å²) in [5.74, 6) is 1.23. The van der Waals surface area contributed by atoms with E-state index in [4.69, 9.17) is 21.1 Å². The third kappa shape index (κ3) is 2.38. The summed E-state index contributed by atoms with van der Waals surface area (Å²) < 4.78 is 10.8. The topological polar surface area (TPSA) is 62.8 Å². The number of carbonyl (C=O) groups excluding carboxylic acids is 1. The lowest BCUT2D eigenvalue weighted by Crippen LogP contribution is -2.38. The molecule has 1 aromatic heterocycles. The lowest BCUT2D eigenvalue weighted by atomic mass is 10.0. The van der Waals surface area contributed by atoms with Gasteiger partial charge in [0.1, 0.15) is 11.2 Å². The molecule has 1 aromatic carbocycles. The van der Waals surface area contributed by atoms with Crippen molar-refractivity contribution in [1.29, 1.82) is 0 Å². The Bertz CT molecular complexity index is 898. The van der Waals surface area contributed by atoms with Crippen molar-refractivity contribution in [2.75, 3.05) is 25.7 Å². The van der Waals surface area contributed by atoms with E-state index in [2.05, 4.69) is 22.6 Å². The molecule has 0 unspecified atom stereocenters. The number of anilines is 1. The van der Waals surface area contributed by atoms with Crippen LogP contribution in [-0.2, 0) is 13.0 Å². The van der Waals surface area contributed by atoms with Crippen LogP contribution in [0.15, 0.2) is 12.1 Å². The smallest absolute Gasteiger partial charge is 0.256 e. The lowest BCUT2D eigenvalue weighted by molar-refractivity contribution is 0.0934. The molecule has 3 aliphatic rings. The fourth-order valence-electron chi connectivity index (χ4n) is 3.55. The number of nitrogens with one attached hydrogen (secondary N) is 2. The number of fused-ring (bicyclic) bond motifs is 4. The molecule has 130 valence electrons. The first-order valence-electron chi connectivity index (χ1n) is 8.09. The fourth-order valence-corrected chi connectivity index (χ4v) is 5.17. The summed E-state index contributed by atoms with van der Waals surface area (Å²) in [6.45, 7) is 2.05. The molecular formula is C17H16ClN3O3S. The van der Waals surface area contributed by atoms with E-state index in [1.807, 2.05) is 6.07 Å². The summed E-state index contributed by atoms with van der Waals surface area (Å²) in [5, 5.41) is 7.92. The van der Waals surface area contributed by atoms with Crippen molar-refractivity contribution in [3.05, 3.63) is 38.7 Å². The molecule has 2 aromatic rings. The Morgan fingerprint density at radius 2 is 2.08 bits per heavy atom. The first-order chi connectivity index (χ1) is 12.1. The second kappa shape index (κ2) is 5.52. The van der Waals surface area contributed by atoms with E-state index in [0.29, 0.717) is 16.5 Å². The Balaban J connectivity index is 1.52. The zero-order valence-corrected chi connectivity index (χ0v) is 15.1. The van der Waals surface area contributed by atoms with E-state index in [1.54, 1.807) is 17.4 Å². The van der Waals surface area contributed by atoms with Gasteiger partial charge in [0.25, 0.3) is 5.91 Å².